The minimum Gasteiger partial charge on any atom is -0.493 e. The summed E-state index contributed by atoms with van der Waals surface area (Å²) in [6.07, 6.45) is -0.595. The van der Waals surface area contributed by atoms with Crippen molar-refractivity contribution in [2.75, 3.05) is 7.11 Å². The first-order chi connectivity index (χ1) is 8.53. The van der Waals surface area contributed by atoms with Crippen molar-refractivity contribution >= 4 is 21.9 Å². The number of carboxylic acid groups (broad SMARTS) is 1. The second kappa shape index (κ2) is 6.61. The van der Waals surface area contributed by atoms with Gasteiger partial charge in [-0.05, 0) is 40.0 Å². The smallest absolute Gasteiger partial charge is 0.344 e. The molecule has 0 saturated heterocycles. The van der Waals surface area contributed by atoms with E-state index in [-0.39, 0.29) is 6.61 Å². The highest BCUT2D eigenvalue weighted by Gasteiger charge is 2.21. The van der Waals surface area contributed by atoms with E-state index in [2.05, 4.69) is 15.9 Å². The van der Waals surface area contributed by atoms with E-state index in [4.69, 9.17) is 19.7 Å². The predicted molar refractivity (Wildman–Crippen MR) is 69.0 cm³/mol. The van der Waals surface area contributed by atoms with E-state index in [0.29, 0.717) is 28.0 Å². The molecule has 5 nitrogen and oxygen atoms in total. The molecule has 0 saturated carbocycles. The van der Waals surface area contributed by atoms with Gasteiger partial charge in [0, 0.05) is 0 Å². The van der Waals surface area contributed by atoms with Crippen molar-refractivity contribution in [2.45, 2.75) is 26.1 Å². The van der Waals surface area contributed by atoms with E-state index in [1.165, 1.54) is 7.11 Å². The molecule has 1 unspecified atom stereocenters. The van der Waals surface area contributed by atoms with Crippen molar-refractivity contribution in [2.24, 2.45) is 0 Å². The van der Waals surface area contributed by atoms with Gasteiger partial charge in [0.25, 0.3) is 0 Å². The quantitative estimate of drug-likeness (QED) is 0.840. The monoisotopic (exact) mass is 318 g/mol. The van der Waals surface area contributed by atoms with E-state index in [9.17, 15) is 4.79 Å². The van der Waals surface area contributed by atoms with Crippen LogP contribution in [0.3, 0.4) is 0 Å². The van der Waals surface area contributed by atoms with E-state index < -0.39 is 12.1 Å². The van der Waals surface area contributed by atoms with Gasteiger partial charge in [-0.25, -0.2) is 4.79 Å². The topological polar surface area (TPSA) is 76.0 Å². The van der Waals surface area contributed by atoms with Crippen LogP contribution < -0.4 is 9.47 Å². The fraction of sp³-hybridized carbons (Fsp3) is 0.417. The maximum absolute atomic E-state index is 10.9. The maximum atomic E-state index is 10.9. The minimum atomic E-state index is -1.03. The number of aliphatic carboxylic acids is 1. The van der Waals surface area contributed by atoms with Gasteiger partial charge in [0.1, 0.15) is 0 Å². The van der Waals surface area contributed by atoms with Crippen LogP contribution in [0, 0.1) is 0 Å². The van der Waals surface area contributed by atoms with Gasteiger partial charge in [-0.15, -0.1) is 0 Å². The fourth-order valence-electron chi connectivity index (χ4n) is 1.43. The third kappa shape index (κ3) is 3.36. The van der Waals surface area contributed by atoms with E-state index in [1.54, 1.807) is 19.1 Å². The van der Waals surface area contributed by atoms with Crippen LogP contribution in [0.4, 0.5) is 0 Å². The Balaban J connectivity index is 3.11. The van der Waals surface area contributed by atoms with Crippen LogP contribution in [0.5, 0.6) is 11.5 Å². The molecule has 1 aromatic rings. The molecule has 1 atom stereocenters. The Morgan fingerprint density at radius 2 is 2.17 bits per heavy atom. The molecule has 0 bridgehead atoms. The first-order valence-corrected chi connectivity index (χ1v) is 6.19. The number of halogens is 1. The van der Waals surface area contributed by atoms with Gasteiger partial charge in [-0.2, -0.15) is 0 Å². The average Bonchev–Trinajstić information content (AvgIpc) is 2.35. The maximum Gasteiger partial charge on any atom is 0.344 e. The number of benzene rings is 1. The molecule has 1 aromatic carbocycles. The molecule has 18 heavy (non-hydrogen) atoms. The number of aliphatic hydroxyl groups is 1. The van der Waals surface area contributed by atoms with Crippen molar-refractivity contribution in [3.63, 3.8) is 0 Å². The Kier molecular flexibility index (Phi) is 5.43. The van der Waals surface area contributed by atoms with Gasteiger partial charge in [0.2, 0.25) is 0 Å². The molecule has 6 heteroatoms. The molecule has 0 radical (unpaired) electrons. The Morgan fingerprint density at radius 3 is 2.61 bits per heavy atom. The van der Waals surface area contributed by atoms with E-state index in [1.807, 2.05) is 0 Å². The van der Waals surface area contributed by atoms with Crippen LogP contribution in [0.15, 0.2) is 16.6 Å². The average molecular weight is 319 g/mol. The summed E-state index contributed by atoms with van der Waals surface area (Å²) in [6.45, 7) is 1.59. The summed E-state index contributed by atoms with van der Waals surface area (Å²) >= 11 is 3.28. The normalized spacial score (nSPS) is 12.0. The highest BCUT2D eigenvalue weighted by Crippen LogP contribution is 2.37. The Morgan fingerprint density at radius 1 is 1.50 bits per heavy atom. The summed E-state index contributed by atoms with van der Waals surface area (Å²) in [7, 11) is 1.46. The third-order valence-corrected chi connectivity index (χ3v) is 2.97. The SMILES string of the molecule is CCC(Oc1c(Br)cc(CO)cc1OC)C(=O)O. The van der Waals surface area contributed by atoms with Crippen LogP contribution in [-0.2, 0) is 11.4 Å². The molecule has 1 rings (SSSR count). The highest BCUT2D eigenvalue weighted by atomic mass is 79.9. The zero-order chi connectivity index (χ0) is 13.7. The summed E-state index contributed by atoms with van der Waals surface area (Å²) < 4.78 is 11.1. The summed E-state index contributed by atoms with van der Waals surface area (Å²) in [4.78, 5) is 10.9. The number of rotatable bonds is 6. The summed E-state index contributed by atoms with van der Waals surface area (Å²) in [6, 6.07) is 3.26. The molecule has 0 spiro atoms. The van der Waals surface area contributed by atoms with Crippen LogP contribution in [0.2, 0.25) is 0 Å². The largest absolute Gasteiger partial charge is 0.493 e. The molecule has 2 N–H and O–H groups in total. The van der Waals surface area contributed by atoms with Crippen molar-refractivity contribution < 1.29 is 24.5 Å². The molecule has 0 aliphatic carbocycles. The molecule has 0 amide bonds. The first-order valence-electron chi connectivity index (χ1n) is 5.40. The van der Waals surface area contributed by atoms with Gasteiger partial charge in [-0.3, -0.25) is 0 Å². The molecule has 0 heterocycles. The molecule has 100 valence electrons. The zero-order valence-corrected chi connectivity index (χ0v) is 11.7. The minimum absolute atomic E-state index is 0.134. The molecule has 0 fully saturated rings. The van der Waals surface area contributed by atoms with Crippen LogP contribution >= 0.6 is 15.9 Å². The van der Waals surface area contributed by atoms with Crippen molar-refractivity contribution in [1.29, 1.82) is 0 Å². The number of carbonyl (C=O) groups is 1. The van der Waals surface area contributed by atoms with E-state index in [0.717, 1.165) is 0 Å². The Labute approximate surface area is 113 Å². The predicted octanol–water partition coefficient (Wildman–Crippen LogP) is 2.19. The molecular weight excluding hydrogens is 304 g/mol. The number of hydrogen-bond acceptors (Lipinski definition) is 4. The van der Waals surface area contributed by atoms with Crippen molar-refractivity contribution in [3.8, 4) is 11.5 Å². The first kappa shape index (κ1) is 14.8. The van der Waals surface area contributed by atoms with Crippen LogP contribution in [-0.4, -0.2) is 29.4 Å². The molecule has 0 aromatic heterocycles. The number of hydrogen-bond donors (Lipinski definition) is 2. The third-order valence-electron chi connectivity index (χ3n) is 2.38. The fourth-order valence-corrected chi connectivity index (χ4v) is 2.01. The summed E-state index contributed by atoms with van der Waals surface area (Å²) in [5.74, 6) is -0.324. The van der Waals surface area contributed by atoms with E-state index >= 15 is 0 Å². The molecule has 0 aliphatic rings. The van der Waals surface area contributed by atoms with Gasteiger partial charge >= 0.3 is 5.97 Å². The van der Waals surface area contributed by atoms with Gasteiger partial charge in [0.05, 0.1) is 18.2 Å². The van der Waals surface area contributed by atoms with Gasteiger partial charge < -0.3 is 19.7 Å². The Hall–Kier alpha value is -1.27. The van der Waals surface area contributed by atoms with Crippen molar-refractivity contribution in [1.82, 2.24) is 0 Å². The lowest BCUT2D eigenvalue weighted by Gasteiger charge is -2.17. The number of ether oxygens (including phenoxy) is 2. The Bertz CT molecular complexity index is 433. The van der Waals surface area contributed by atoms with Crippen LogP contribution in [0.25, 0.3) is 0 Å². The second-order valence-electron chi connectivity index (χ2n) is 3.62. The summed E-state index contributed by atoms with van der Waals surface area (Å²) in [5.41, 5.74) is 0.648. The van der Waals surface area contributed by atoms with Crippen molar-refractivity contribution in [3.05, 3.63) is 22.2 Å². The summed E-state index contributed by atoms with van der Waals surface area (Å²) in [5, 5.41) is 18.0. The number of methoxy groups -OCH3 is 1. The highest BCUT2D eigenvalue weighted by molar-refractivity contribution is 9.10. The lowest BCUT2D eigenvalue weighted by atomic mass is 10.2. The lowest BCUT2D eigenvalue weighted by Crippen LogP contribution is -2.26. The number of carboxylic acids is 1. The lowest BCUT2D eigenvalue weighted by molar-refractivity contribution is -0.145. The van der Waals surface area contributed by atoms with Crippen LogP contribution in [0.1, 0.15) is 18.9 Å². The number of aliphatic hydroxyl groups excluding tert-OH is 1. The standard InChI is InChI=1S/C12H15BrO5/c1-3-9(12(15)16)18-11-8(13)4-7(6-14)5-10(11)17-2/h4-5,9,14H,3,6H2,1-2H3,(H,15,16). The van der Waals surface area contributed by atoms with Gasteiger partial charge in [0.15, 0.2) is 17.6 Å². The second-order valence-corrected chi connectivity index (χ2v) is 4.47. The zero-order valence-electron chi connectivity index (χ0n) is 10.1. The molecule has 0 aliphatic heterocycles. The van der Waals surface area contributed by atoms with Gasteiger partial charge in [-0.1, -0.05) is 6.92 Å². The molecular formula is C12H15BrO5.